The molecule has 0 aliphatic rings. The molecular formula is C13H20BrNO. The van der Waals surface area contributed by atoms with Crippen molar-refractivity contribution in [3.8, 4) is 0 Å². The van der Waals surface area contributed by atoms with Crippen molar-refractivity contribution in [3.63, 3.8) is 0 Å². The second-order valence-electron chi connectivity index (χ2n) is 4.77. The molecule has 90 valence electrons. The summed E-state index contributed by atoms with van der Waals surface area (Å²) in [5.74, 6) is 0.761. The highest BCUT2D eigenvalue weighted by Crippen LogP contribution is 2.20. The lowest BCUT2D eigenvalue weighted by molar-refractivity contribution is 0.0995. The minimum absolute atomic E-state index is 0.111. The first-order valence-electron chi connectivity index (χ1n) is 5.69. The van der Waals surface area contributed by atoms with Crippen molar-refractivity contribution >= 4 is 21.7 Å². The summed E-state index contributed by atoms with van der Waals surface area (Å²) in [6, 6.07) is 2.00. The summed E-state index contributed by atoms with van der Waals surface area (Å²) in [6.07, 6.45) is 0. The predicted octanol–water partition coefficient (Wildman–Crippen LogP) is 3.73. The highest BCUT2D eigenvalue weighted by molar-refractivity contribution is 9.10. The van der Waals surface area contributed by atoms with Gasteiger partial charge in [0, 0.05) is 23.5 Å². The predicted molar refractivity (Wildman–Crippen MR) is 71.5 cm³/mol. The molecule has 16 heavy (non-hydrogen) atoms. The topological polar surface area (TPSA) is 22.0 Å². The third-order valence-electron chi connectivity index (χ3n) is 2.75. The van der Waals surface area contributed by atoms with Crippen molar-refractivity contribution in [2.75, 3.05) is 0 Å². The number of halogens is 1. The van der Waals surface area contributed by atoms with Crippen LogP contribution in [-0.2, 0) is 6.54 Å². The van der Waals surface area contributed by atoms with E-state index in [2.05, 4.69) is 41.3 Å². The average Bonchev–Trinajstić information content (AvgIpc) is 2.44. The fourth-order valence-corrected chi connectivity index (χ4v) is 2.16. The maximum absolute atomic E-state index is 12.0. The van der Waals surface area contributed by atoms with Gasteiger partial charge in [-0.15, -0.1) is 0 Å². The molecule has 0 spiro atoms. The first-order chi connectivity index (χ1) is 7.34. The Morgan fingerprint density at radius 1 is 1.38 bits per heavy atom. The van der Waals surface area contributed by atoms with Crippen LogP contribution in [0.4, 0.5) is 0 Å². The Bertz CT molecular complexity index is 391. The van der Waals surface area contributed by atoms with Crippen LogP contribution in [0.1, 0.15) is 42.5 Å². The zero-order valence-electron chi connectivity index (χ0n) is 10.7. The number of ketones is 1. The van der Waals surface area contributed by atoms with Crippen molar-refractivity contribution in [2.45, 2.75) is 46.0 Å². The first-order valence-corrected chi connectivity index (χ1v) is 6.61. The van der Waals surface area contributed by atoms with Gasteiger partial charge in [-0.3, -0.25) is 4.79 Å². The quantitative estimate of drug-likeness (QED) is 0.610. The number of aromatic nitrogens is 1. The van der Waals surface area contributed by atoms with Gasteiger partial charge in [0.1, 0.15) is 0 Å². The highest BCUT2D eigenvalue weighted by Gasteiger charge is 2.19. The summed E-state index contributed by atoms with van der Waals surface area (Å²) in [5, 5.41) is 0. The van der Waals surface area contributed by atoms with Gasteiger partial charge < -0.3 is 4.57 Å². The molecule has 0 aliphatic carbocycles. The van der Waals surface area contributed by atoms with E-state index in [0.29, 0.717) is 5.92 Å². The van der Waals surface area contributed by atoms with Gasteiger partial charge in [0.15, 0.2) is 5.78 Å². The Morgan fingerprint density at radius 2 is 1.94 bits per heavy atom. The Balaban J connectivity index is 3.11. The lowest BCUT2D eigenvalue weighted by Gasteiger charge is -2.12. The van der Waals surface area contributed by atoms with E-state index in [1.54, 1.807) is 0 Å². The molecular weight excluding hydrogens is 266 g/mol. The number of carbonyl (C=O) groups excluding carboxylic acids is 1. The molecule has 0 aromatic carbocycles. The maximum atomic E-state index is 12.0. The van der Waals surface area contributed by atoms with E-state index >= 15 is 0 Å². The molecule has 0 amide bonds. The molecule has 0 saturated carbocycles. The standard InChI is InChI=1S/C13H20BrNO/c1-8(2)7-15-9(3)6-12(11(15)5)13(16)10(4)14/h6,8,10H,7H2,1-5H3. The molecule has 0 saturated heterocycles. The van der Waals surface area contributed by atoms with Gasteiger partial charge in [0.05, 0.1) is 4.83 Å². The summed E-state index contributed by atoms with van der Waals surface area (Å²) in [4.78, 5) is 11.8. The molecule has 1 atom stereocenters. The molecule has 0 radical (unpaired) electrons. The zero-order chi connectivity index (χ0) is 12.5. The van der Waals surface area contributed by atoms with Crippen LogP contribution in [0.5, 0.6) is 0 Å². The fraction of sp³-hybridized carbons (Fsp3) is 0.615. The van der Waals surface area contributed by atoms with Crippen molar-refractivity contribution in [3.05, 3.63) is 23.0 Å². The number of rotatable bonds is 4. The van der Waals surface area contributed by atoms with Crippen LogP contribution in [0.2, 0.25) is 0 Å². The van der Waals surface area contributed by atoms with E-state index in [4.69, 9.17) is 0 Å². The number of carbonyl (C=O) groups is 1. The monoisotopic (exact) mass is 285 g/mol. The molecule has 1 heterocycles. The van der Waals surface area contributed by atoms with Crippen LogP contribution in [-0.4, -0.2) is 15.2 Å². The zero-order valence-corrected chi connectivity index (χ0v) is 12.3. The number of hydrogen-bond acceptors (Lipinski definition) is 1. The Hall–Kier alpha value is -0.570. The third kappa shape index (κ3) is 2.76. The molecule has 0 N–H and O–H groups in total. The average molecular weight is 286 g/mol. The fourth-order valence-electron chi connectivity index (χ4n) is 1.91. The van der Waals surface area contributed by atoms with Gasteiger partial charge in [-0.2, -0.15) is 0 Å². The minimum Gasteiger partial charge on any atom is -0.348 e. The molecule has 0 fully saturated rings. The minimum atomic E-state index is -0.111. The molecule has 1 aromatic rings. The third-order valence-corrected chi connectivity index (χ3v) is 3.16. The Morgan fingerprint density at radius 3 is 2.38 bits per heavy atom. The maximum Gasteiger partial charge on any atom is 0.177 e. The van der Waals surface area contributed by atoms with E-state index < -0.39 is 0 Å². The largest absolute Gasteiger partial charge is 0.348 e. The van der Waals surface area contributed by atoms with E-state index in [1.165, 1.54) is 5.69 Å². The summed E-state index contributed by atoms with van der Waals surface area (Å²) in [7, 11) is 0. The van der Waals surface area contributed by atoms with E-state index in [-0.39, 0.29) is 10.6 Å². The first kappa shape index (κ1) is 13.5. The summed E-state index contributed by atoms with van der Waals surface area (Å²) < 4.78 is 2.23. The van der Waals surface area contributed by atoms with Gasteiger partial charge in [0.25, 0.3) is 0 Å². The van der Waals surface area contributed by atoms with Crippen molar-refractivity contribution in [1.82, 2.24) is 4.57 Å². The summed E-state index contributed by atoms with van der Waals surface area (Å²) in [5.41, 5.74) is 3.10. The molecule has 0 aliphatic heterocycles. The van der Waals surface area contributed by atoms with Crippen LogP contribution in [0, 0.1) is 19.8 Å². The van der Waals surface area contributed by atoms with E-state index in [9.17, 15) is 4.79 Å². The smallest absolute Gasteiger partial charge is 0.177 e. The van der Waals surface area contributed by atoms with Crippen LogP contribution in [0.3, 0.4) is 0 Å². The van der Waals surface area contributed by atoms with Crippen LogP contribution in [0.25, 0.3) is 0 Å². The number of Topliss-reactive ketones (excluding diaryl/α,β-unsaturated/α-hetero) is 1. The van der Waals surface area contributed by atoms with Gasteiger partial charge in [-0.25, -0.2) is 0 Å². The van der Waals surface area contributed by atoms with Crippen molar-refractivity contribution in [2.24, 2.45) is 5.92 Å². The van der Waals surface area contributed by atoms with Gasteiger partial charge in [-0.05, 0) is 32.8 Å². The van der Waals surface area contributed by atoms with Crippen molar-refractivity contribution in [1.29, 1.82) is 0 Å². The SMILES string of the molecule is Cc1cc(C(=O)C(C)Br)c(C)n1CC(C)C. The summed E-state index contributed by atoms with van der Waals surface area (Å²) in [6.45, 7) is 11.3. The van der Waals surface area contributed by atoms with Gasteiger partial charge in [-0.1, -0.05) is 29.8 Å². The van der Waals surface area contributed by atoms with Gasteiger partial charge >= 0.3 is 0 Å². The number of nitrogens with zero attached hydrogens (tertiary/aromatic N) is 1. The second kappa shape index (κ2) is 5.17. The molecule has 3 heteroatoms. The Kier molecular flexibility index (Phi) is 4.36. The molecule has 1 unspecified atom stereocenters. The molecule has 1 aromatic heterocycles. The van der Waals surface area contributed by atoms with Gasteiger partial charge in [0.2, 0.25) is 0 Å². The summed E-state index contributed by atoms with van der Waals surface area (Å²) >= 11 is 3.34. The second-order valence-corrected chi connectivity index (χ2v) is 6.14. The number of alkyl halides is 1. The molecule has 1 rings (SSSR count). The van der Waals surface area contributed by atoms with E-state index in [0.717, 1.165) is 17.8 Å². The number of aryl methyl sites for hydroxylation is 1. The lowest BCUT2D eigenvalue weighted by Crippen LogP contribution is -2.13. The van der Waals surface area contributed by atoms with Crippen LogP contribution >= 0.6 is 15.9 Å². The van der Waals surface area contributed by atoms with Crippen LogP contribution in [0.15, 0.2) is 6.07 Å². The molecule has 0 bridgehead atoms. The molecule has 2 nitrogen and oxygen atoms in total. The van der Waals surface area contributed by atoms with Crippen molar-refractivity contribution < 1.29 is 4.79 Å². The van der Waals surface area contributed by atoms with E-state index in [1.807, 2.05) is 19.9 Å². The lowest BCUT2D eigenvalue weighted by atomic mass is 10.1. The van der Waals surface area contributed by atoms with Crippen LogP contribution < -0.4 is 0 Å². The Labute approximate surface area is 106 Å². The highest BCUT2D eigenvalue weighted by atomic mass is 79.9. The normalized spacial score (nSPS) is 13.2. The number of hydrogen-bond donors (Lipinski definition) is 0.